The van der Waals surface area contributed by atoms with Gasteiger partial charge in [0.1, 0.15) is 18.1 Å². The zero-order valence-electron chi connectivity index (χ0n) is 19.2. The third-order valence-electron chi connectivity index (χ3n) is 5.53. The number of carboxylic acids is 1. The van der Waals surface area contributed by atoms with Crippen molar-refractivity contribution in [3.63, 3.8) is 0 Å². The molecule has 0 radical (unpaired) electrons. The van der Waals surface area contributed by atoms with Gasteiger partial charge in [-0.1, -0.05) is 0 Å². The van der Waals surface area contributed by atoms with Crippen molar-refractivity contribution in [2.45, 2.75) is 56.3 Å². The fourth-order valence-corrected chi connectivity index (χ4v) is 3.87. The smallest absolute Gasteiger partial charge is 0.326 e. The normalized spacial score (nSPS) is 17.8. The van der Waals surface area contributed by atoms with E-state index in [1.807, 2.05) is 0 Å². The van der Waals surface area contributed by atoms with Gasteiger partial charge in [0.15, 0.2) is 5.96 Å². The minimum atomic E-state index is -1.11. The van der Waals surface area contributed by atoms with E-state index in [0.29, 0.717) is 25.0 Å². The number of carbonyl (C=O) groups is 4. The molecule has 0 aliphatic carbocycles. The van der Waals surface area contributed by atoms with Crippen LogP contribution in [0.3, 0.4) is 0 Å². The highest BCUT2D eigenvalue weighted by Crippen LogP contribution is 2.20. The third-order valence-corrected chi connectivity index (χ3v) is 5.92. The quantitative estimate of drug-likeness (QED) is 0.0594. The second kappa shape index (κ2) is 13.5. The molecule has 2 heterocycles. The number of aliphatic carboxylic acids is 1. The molecule has 1 aromatic heterocycles. The van der Waals surface area contributed by atoms with Crippen LogP contribution in [0.5, 0.6) is 0 Å². The molecule has 1 aliphatic heterocycles. The molecule has 0 aromatic carbocycles. The largest absolute Gasteiger partial charge is 0.480 e. The first kappa shape index (κ1) is 27.9. The van der Waals surface area contributed by atoms with E-state index in [1.54, 1.807) is 0 Å². The van der Waals surface area contributed by atoms with Crippen molar-refractivity contribution >= 4 is 42.3 Å². The van der Waals surface area contributed by atoms with Crippen molar-refractivity contribution in [2.24, 2.45) is 22.2 Å². The number of aromatic amines is 1. The Hall–Kier alpha value is -3.33. The van der Waals surface area contributed by atoms with E-state index in [-0.39, 0.29) is 37.6 Å². The number of nitrogens with one attached hydrogen (secondary N) is 3. The van der Waals surface area contributed by atoms with Crippen LogP contribution in [0.4, 0.5) is 0 Å². The molecule has 0 bridgehead atoms. The van der Waals surface area contributed by atoms with Crippen molar-refractivity contribution in [3.05, 3.63) is 18.2 Å². The van der Waals surface area contributed by atoms with Crippen molar-refractivity contribution in [1.29, 1.82) is 0 Å². The lowest BCUT2D eigenvalue weighted by molar-refractivity contribution is -0.149. The van der Waals surface area contributed by atoms with Gasteiger partial charge in [-0.15, -0.1) is 0 Å². The lowest BCUT2D eigenvalue weighted by Gasteiger charge is -2.29. The van der Waals surface area contributed by atoms with E-state index < -0.39 is 47.9 Å². The number of guanidine groups is 1. The molecule has 10 N–H and O–H groups in total. The van der Waals surface area contributed by atoms with Crippen LogP contribution < -0.4 is 27.8 Å². The lowest BCUT2D eigenvalue weighted by Crippen LogP contribution is -2.57. The predicted molar refractivity (Wildman–Crippen MR) is 130 cm³/mol. The fourth-order valence-electron chi connectivity index (χ4n) is 3.71. The fraction of sp³-hybridized carbons (Fsp3) is 0.600. The number of thiol groups is 1. The standard InChI is InChI=1S/C20H33N9O5S/c21-12(9-35)16(30)28-14(7-11-8-24-10-26-11)17(31)27-13(3-1-5-25-20(22)23)18(32)29-6-2-4-15(29)19(33)34/h8,10,12-15,35H,1-7,9,21H2,(H,24,26)(H,27,31)(H,28,30)(H,33,34)(H4,22,23,25). The number of carboxylic acid groups (broad SMARTS) is 1. The zero-order valence-corrected chi connectivity index (χ0v) is 20.1. The summed E-state index contributed by atoms with van der Waals surface area (Å²) in [6.07, 6.45) is 4.37. The van der Waals surface area contributed by atoms with Crippen LogP contribution in [0.1, 0.15) is 31.4 Å². The maximum Gasteiger partial charge on any atom is 0.326 e. The molecule has 4 atom stereocenters. The van der Waals surface area contributed by atoms with Gasteiger partial charge in [0.25, 0.3) is 0 Å². The van der Waals surface area contributed by atoms with E-state index in [9.17, 15) is 24.3 Å². The number of amides is 3. The molecule has 15 heteroatoms. The first-order valence-electron chi connectivity index (χ1n) is 11.2. The van der Waals surface area contributed by atoms with E-state index in [4.69, 9.17) is 17.2 Å². The van der Waals surface area contributed by atoms with Crippen LogP contribution in [0.25, 0.3) is 0 Å². The minimum Gasteiger partial charge on any atom is -0.480 e. The SMILES string of the molecule is NC(N)=NCCCC(NC(=O)C(Cc1cnc[nH]1)NC(=O)C(N)CS)C(=O)N1CCCC1C(=O)O. The molecule has 2 rings (SSSR count). The number of aliphatic imine (C=N–C) groups is 1. The highest BCUT2D eigenvalue weighted by Gasteiger charge is 2.38. The van der Waals surface area contributed by atoms with Crippen molar-refractivity contribution in [1.82, 2.24) is 25.5 Å². The van der Waals surface area contributed by atoms with Crippen molar-refractivity contribution < 1.29 is 24.3 Å². The molecule has 3 amide bonds. The molecule has 1 saturated heterocycles. The van der Waals surface area contributed by atoms with E-state index in [2.05, 4.69) is 38.2 Å². The lowest BCUT2D eigenvalue weighted by atomic mass is 10.1. The number of H-pyrrole nitrogens is 1. The second-order valence-electron chi connectivity index (χ2n) is 8.17. The summed E-state index contributed by atoms with van der Waals surface area (Å²) in [5.41, 5.74) is 17.0. The van der Waals surface area contributed by atoms with Gasteiger partial charge in [-0.3, -0.25) is 19.4 Å². The first-order valence-corrected chi connectivity index (χ1v) is 11.8. The zero-order chi connectivity index (χ0) is 26.0. The van der Waals surface area contributed by atoms with Crippen LogP contribution in [-0.4, -0.2) is 92.6 Å². The summed E-state index contributed by atoms with van der Waals surface area (Å²) in [5.74, 6) is -2.88. The van der Waals surface area contributed by atoms with Gasteiger partial charge in [0, 0.05) is 37.2 Å². The Balaban J connectivity index is 2.21. The summed E-state index contributed by atoms with van der Waals surface area (Å²) < 4.78 is 0. The van der Waals surface area contributed by atoms with E-state index >= 15 is 0 Å². The summed E-state index contributed by atoms with van der Waals surface area (Å²) in [7, 11) is 0. The summed E-state index contributed by atoms with van der Waals surface area (Å²) in [6, 6.07) is -4.02. The number of nitrogens with zero attached hydrogens (tertiary/aromatic N) is 3. The summed E-state index contributed by atoms with van der Waals surface area (Å²) in [4.78, 5) is 62.4. The van der Waals surface area contributed by atoms with Crippen LogP contribution in [0.2, 0.25) is 0 Å². The second-order valence-corrected chi connectivity index (χ2v) is 8.53. The van der Waals surface area contributed by atoms with Gasteiger partial charge in [-0.2, -0.15) is 12.6 Å². The van der Waals surface area contributed by atoms with Gasteiger partial charge in [-0.05, 0) is 25.7 Å². The number of hydrogen-bond donors (Lipinski definition) is 8. The molecular formula is C20H33N9O5S. The van der Waals surface area contributed by atoms with Gasteiger partial charge >= 0.3 is 5.97 Å². The number of rotatable bonds is 13. The number of nitrogens with two attached hydrogens (primary N) is 3. The van der Waals surface area contributed by atoms with E-state index in [1.165, 1.54) is 17.4 Å². The molecule has 0 spiro atoms. The van der Waals surface area contributed by atoms with Gasteiger partial charge in [0.2, 0.25) is 17.7 Å². The van der Waals surface area contributed by atoms with Crippen LogP contribution in [0.15, 0.2) is 17.5 Å². The Morgan fingerprint density at radius 2 is 1.97 bits per heavy atom. The van der Waals surface area contributed by atoms with Gasteiger partial charge in [0.05, 0.1) is 12.4 Å². The average molecular weight is 512 g/mol. The van der Waals surface area contributed by atoms with Crippen molar-refractivity contribution in [2.75, 3.05) is 18.8 Å². The summed E-state index contributed by atoms with van der Waals surface area (Å²) >= 11 is 4.01. The van der Waals surface area contributed by atoms with E-state index in [0.717, 1.165) is 0 Å². The first-order chi connectivity index (χ1) is 16.6. The average Bonchev–Trinajstić information content (AvgIpc) is 3.51. The maximum absolute atomic E-state index is 13.3. The minimum absolute atomic E-state index is 0.0627. The Kier molecular flexibility index (Phi) is 10.8. The number of hydrogen-bond acceptors (Lipinski definition) is 8. The number of carbonyl (C=O) groups excluding carboxylic acids is 3. The molecule has 1 fully saturated rings. The van der Waals surface area contributed by atoms with Crippen LogP contribution in [0, 0.1) is 0 Å². The highest BCUT2D eigenvalue weighted by molar-refractivity contribution is 7.80. The summed E-state index contributed by atoms with van der Waals surface area (Å²) in [5, 5.41) is 14.7. The molecule has 194 valence electrons. The summed E-state index contributed by atoms with van der Waals surface area (Å²) in [6.45, 7) is 0.483. The highest BCUT2D eigenvalue weighted by atomic mass is 32.1. The topological polar surface area (TPSA) is 235 Å². The Labute approximate surface area is 207 Å². The Morgan fingerprint density at radius 1 is 1.26 bits per heavy atom. The van der Waals surface area contributed by atoms with Gasteiger partial charge < -0.3 is 42.8 Å². The number of imidazole rings is 1. The molecule has 1 aliphatic rings. The molecular weight excluding hydrogens is 478 g/mol. The van der Waals surface area contributed by atoms with Gasteiger partial charge in [-0.25, -0.2) is 9.78 Å². The number of likely N-dealkylation sites (tertiary alicyclic amines) is 1. The molecule has 1 aromatic rings. The monoisotopic (exact) mass is 511 g/mol. The molecule has 0 saturated carbocycles. The van der Waals surface area contributed by atoms with Crippen LogP contribution in [-0.2, 0) is 25.6 Å². The number of aromatic nitrogens is 2. The van der Waals surface area contributed by atoms with Crippen molar-refractivity contribution in [3.8, 4) is 0 Å². The maximum atomic E-state index is 13.3. The third kappa shape index (κ3) is 8.43. The Bertz CT molecular complexity index is 907. The van der Waals surface area contributed by atoms with Crippen LogP contribution >= 0.6 is 12.6 Å². The Morgan fingerprint density at radius 3 is 2.57 bits per heavy atom. The molecule has 14 nitrogen and oxygen atoms in total. The molecule has 4 unspecified atom stereocenters. The predicted octanol–water partition coefficient (Wildman–Crippen LogP) is -2.69. The molecule has 35 heavy (non-hydrogen) atoms.